The van der Waals surface area contributed by atoms with Gasteiger partial charge in [0.2, 0.25) is 11.8 Å². The molecule has 7 nitrogen and oxygen atoms in total. The van der Waals surface area contributed by atoms with Crippen LogP contribution in [-0.2, 0) is 26.2 Å². The second kappa shape index (κ2) is 12.6. The Bertz CT molecular complexity index is 1370. The van der Waals surface area contributed by atoms with Gasteiger partial charge in [0.25, 0.3) is 10.0 Å². The third-order valence-electron chi connectivity index (χ3n) is 5.80. The lowest BCUT2D eigenvalue weighted by Gasteiger charge is -2.32. The Hall–Kier alpha value is -2.88. The topological polar surface area (TPSA) is 86.8 Å². The average Bonchev–Trinajstić information content (AvgIpc) is 2.86. The van der Waals surface area contributed by atoms with Crippen molar-refractivity contribution in [1.82, 2.24) is 10.2 Å². The van der Waals surface area contributed by atoms with Crippen LogP contribution in [0.5, 0.6) is 0 Å². The molecule has 37 heavy (non-hydrogen) atoms. The van der Waals surface area contributed by atoms with Gasteiger partial charge in [-0.05, 0) is 74.4 Å². The van der Waals surface area contributed by atoms with Crippen LogP contribution in [0.4, 0.5) is 5.69 Å². The zero-order chi connectivity index (χ0) is 27.2. The summed E-state index contributed by atoms with van der Waals surface area (Å²) in [6.45, 7) is 5.18. The average molecular weight is 607 g/mol. The van der Waals surface area contributed by atoms with Crippen molar-refractivity contribution in [3.63, 3.8) is 0 Å². The largest absolute Gasteiger partial charge is 0.355 e. The highest BCUT2D eigenvalue weighted by Crippen LogP contribution is 2.29. The number of carbonyl (C=O) groups is 2. The maximum Gasteiger partial charge on any atom is 0.264 e. The molecule has 0 aromatic heterocycles. The van der Waals surface area contributed by atoms with Crippen molar-refractivity contribution in [2.45, 2.75) is 38.3 Å². The van der Waals surface area contributed by atoms with Crippen LogP contribution in [0.2, 0.25) is 5.02 Å². The fourth-order valence-electron chi connectivity index (χ4n) is 3.87. The Kier molecular flexibility index (Phi) is 9.75. The fraction of sp³-hybridized carbons (Fsp3) is 0.259. The molecular weight excluding hydrogens is 578 g/mol. The monoisotopic (exact) mass is 605 g/mol. The van der Waals surface area contributed by atoms with E-state index in [1.54, 1.807) is 57.2 Å². The number of carbonyl (C=O) groups excluding carboxylic acids is 2. The number of aryl methyl sites for hydroxylation is 1. The molecule has 0 heterocycles. The van der Waals surface area contributed by atoms with Crippen molar-refractivity contribution < 1.29 is 18.0 Å². The van der Waals surface area contributed by atoms with Crippen LogP contribution in [-0.4, -0.2) is 44.3 Å². The van der Waals surface area contributed by atoms with Crippen LogP contribution >= 0.6 is 27.5 Å². The van der Waals surface area contributed by atoms with Gasteiger partial charge < -0.3 is 10.2 Å². The normalized spacial score (nSPS) is 12.0. The van der Waals surface area contributed by atoms with E-state index < -0.39 is 28.5 Å². The van der Waals surface area contributed by atoms with Gasteiger partial charge in [-0.25, -0.2) is 8.42 Å². The van der Waals surface area contributed by atoms with Crippen molar-refractivity contribution in [2.24, 2.45) is 0 Å². The van der Waals surface area contributed by atoms with Gasteiger partial charge in [0.1, 0.15) is 12.6 Å². The van der Waals surface area contributed by atoms with E-state index in [0.717, 1.165) is 14.3 Å². The summed E-state index contributed by atoms with van der Waals surface area (Å²) in [6, 6.07) is 19.3. The Morgan fingerprint density at radius 1 is 1.03 bits per heavy atom. The second-order valence-electron chi connectivity index (χ2n) is 8.48. The minimum absolute atomic E-state index is 0.0486. The summed E-state index contributed by atoms with van der Waals surface area (Å²) < 4.78 is 29.5. The van der Waals surface area contributed by atoms with E-state index >= 15 is 0 Å². The Labute approximate surface area is 231 Å². The van der Waals surface area contributed by atoms with Crippen LogP contribution in [0.3, 0.4) is 0 Å². The van der Waals surface area contributed by atoms with Crippen LogP contribution in [0.1, 0.15) is 25.0 Å². The highest BCUT2D eigenvalue weighted by atomic mass is 79.9. The predicted molar refractivity (Wildman–Crippen MR) is 150 cm³/mol. The summed E-state index contributed by atoms with van der Waals surface area (Å²) in [5, 5.41) is 3.20. The summed E-state index contributed by atoms with van der Waals surface area (Å²) in [7, 11) is -4.12. The second-order valence-corrected chi connectivity index (χ2v) is 11.7. The number of hydrogen-bond acceptors (Lipinski definition) is 4. The molecule has 0 spiro atoms. The molecule has 0 aliphatic heterocycles. The van der Waals surface area contributed by atoms with E-state index in [4.69, 9.17) is 11.6 Å². The molecule has 0 unspecified atom stereocenters. The third kappa shape index (κ3) is 7.12. The smallest absolute Gasteiger partial charge is 0.264 e. The Morgan fingerprint density at radius 3 is 2.35 bits per heavy atom. The maximum atomic E-state index is 13.8. The molecule has 1 N–H and O–H groups in total. The van der Waals surface area contributed by atoms with E-state index in [9.17, 15) is 18.0 Å². The van der Waals surface area contributed by atoms with Crippen molar-refractivity contribution in [2.75, 3.05) is 17.4 Å². The van der Waals surface area contributed by atoms with Gasteiger partial charge in [0.05, 0.1) is 10.6 Å². The van der Waals surface area contributed by atoms with Gasteiger partial charge in [-0.15, -0.1) is 0 Å². The van der Waals surface area contributed by atoms with E-state index in [0.29, 0.717) is 22.8 Å². The standard InChI is InChI=1S/C27H29BrClN3O4S/c1-4-30-27(34)20(3)31(17-21-9-8-10-22(28)16-21)26(33)18-32(25-14-13-23(29)15-19(25)2)37(35,36)24-11-6-5-7-12-24/h5-16,20H,4,17-18H2,1-3H3,(H,30,34)/t20-/m0/s1. The van der Waals surface area contributed by atoms with Crippen LogP contribution in [0.25, 0.3) is 0 Å². The Balaban J connectivity index is 2.05. The summed E-state index contributed by atoms with van der Waals surface area (Å²) in [5.74, 6) is -0.849. The molecule has 196 valence electrons. The summed E-state index contributed by atoms with van der Waals surface area (Å²) in [4.78, 5) is 28.0. The highest BCUT2D eigenvalue weighted by Gasteiger charge is 2.33. The van der Waals surface area contributed by atoms with Gasteiger partial charge in [0.15, 0.2) is 0 Å². The molecule has 0 aliphatic carbocycles. The molecule has 10 heteroatoms. The SMILES string of the molecule is CCNC(=O)[C@H](C)N(Cc1cccc(Br)c1)C(=O)CN(c1ccc(Cl)cc1C)S(=O)(=O)c1ccccc1. The first-order chi connectivity index (χ1) is 17.5. The zero-order valence-electron chi connectivity index (χ0n) is 20.8. The van der Waals surface area contributed by atoms with Crippen molar-refractivity contribution in [1.29, 1.82) is 0 Å². The maximum absolute atomic E-state index is 13.8. The van der Waals surface area contributed by atoms with Gasteiger partial charge in [-0.2, -0.15) is 0 Å². The van der Waals surface area contributed by atoms with Gasteiger partial charge in [-0.1, -0.05) is 57.9 Å². The number of sulfonamides is 1. The van der Waals surface area contributed by atoms with Crippen LogP contribution in [0, 0.1) is 6.92 Å². The van der Waals surface area contributed by atoms with Gasteiger partial charge in [-0.3, -0.25) is 13.9 Å². The number of halogens is 2. The fourth-order valence-corrected chi connectivity index (χ4v) is 6.04. The first kappa shape index (κ1) is 28.7. The molecule has 3 rings (SSSR count). The molecule has 0 aliphatic rings. The summed E-state index contributed by atoms with van der Waals surface area (Å²) in [6.07, 6.45) is 0. The van der Waals surface area contributed by atoms with Crippen molar-refractivity contribution >= 4 is 55.1 Å². The molecule has 0 saturated heterocycles. The lowest BCUT2D eigenvalue weighted by Crippen LogP contribution is -2.51. The summed E-state index contributed by atoms with van der Waals surface area (Å²) in [5.41, 5.74) is 1.71. The summed E-state index contributed by atoms with van der Waals surface area (Å²) >= 11 is 9.56. The molecular formula is C27H29BrClN3O4S. The van der Waals surface area contributed by atoms with E-state index in [1.165, 1.54) is 17.0 Å². The molecule has 3 aromatic rings. The molecule has 1 atom stereocenters. The number of benzene rings is 3. The lowest BCUT2D eigenvalue weighted by molar-refractivity contribution is -0.139. The van der Waals surface area contributed by atoms with Crippen LogP contribution in [0.15, 0.2) is 82.2 Å². The number of likely N-dealkylation sites (N-methyl/N-ethyl adjacent to an activating group) is 1. The number of amides is 2. The van der Waals surface area contributed by atoms with E-state index in [1.807, 2.05) is 24.3 Å². The van der Waals surface area contributed by atoms with E-state index in [-0.39, 0.29) is 17.3 Å². The molecule has 0 bridgehead atoms. The molecule has 0 radical (unpaired) electrons. The third-order valence-corrected chi connectivity index (χ3v) is 8.30. The number of anilines is 1. The van der Waals surface area contributed by atoms with Crippen molar-refractivity contribution in [3.05, 3.63) is 93.4 Å². The van der Waals surface area contributed by atoms with Gasteiger partial charge in [0, 0.05) is 22.6 Å². The van der Waals surface area contributed by atoms with Gasteiger partial charge >= 0.3 is 0 Å². The predicted octanol–water partition coefficient (Wildman–Crippen LogP) is 5.16. The molecule has 2 amide bonds. The number of nitrogens with one attached hydrogen (secondary N) is 1. The number of nitrogens with zero attached hydrogens (tertiary/aromatic N) is 2. The highest BCUT2D eigenvalue weighted by molar-refractivity contribution is 9.10. The molecule has 0 fully saturated rings. The minimum atomic E-state index is -4.12. The first-order valence-corrected chi connectivity index (χ1v) is 14.3. The molecule has 0 saturated carbocycles. The quantitative estimate of drug-likeness (QED) is 0.346. The van der Waals surface area contributed by atoms with Crippen LogP contribution < -0.4 is 9.62 Å². The number of hydrogen-bond donors (Lipinski definition) is 1. The minimum Gasteiger partial charge on any atom is -0.355 e. The van der Waals surface area contributed by atoms with E-state index in [2.05, 4.69) is 21.2 Å². The number of rotatable bonds is 10. The first-order valence-electron chi connectivity index (χ1n) is 11.7. The molecule has 3 aromatic carbocycles. The zero-order valence-corrected chi connectivity index (χ0v) is 24.0. The van der Waals surface area contributed by atoms with Crippen molar-refractivity contribution in [3.8, 4) is 0 Å². The Morgan fingerprint density at radius 2 is 1.73 bits per heavy atom. The lowest BCUT2D eigenvalue weighted by atomic mass is 10.1.